The second-order valence-corrected chi connectivity index (χ2v) is 9.16. The van der Waals surface area contributed by atoms with E-state index < -0.39 is 11.7 Å². The zero-order valence-corrected chi connectivity index (χ0v) is 21.6. The van der Waals surface area contributed by atoms with E-state index in [1.54, 1.807) is 12.1 Å². The van der Waals surface area contributed by atoms with Crippen LogP contribution in [0.3, 0.4) is 0 Å². The van der Waals surface area contributed by atoms with Crippen LogP contribution in [-0.2, 0) is 13.1 Å². The Morgan fingerprint density at radius 3 is 2.08 bits per heavy atom. The summed E-state index contributed by atoms with van der Waals surface area (Å²) < 4.78 is 24.8. The lowest BCUT2D eigenvalue weighted by Crippen LogP contribution is -2.45. The quantitative estimate of drug-likeness (QED) is 0.450. The van der Waals surface area contributed by atoms with E-state index in [0.717, 1.165) is 56.0 Å². The second kappa shape index (κ2) is 12.1. The monoisotopic (exact) mass is 507 g/mol. The average molecular weight is 508 g/mol. The Hall–Kier alpha value is -3.62. The maximum atomic E-state index is 14.2. The number of phenolic OH excluding ortho intramolecular Hbond substituents is 1. The van der Waals surface area contributed by atoms with E-state index >= 15 is 0 Å². The first kappa shape index (κ1) is 26.4. The molecule has 0 aliphatic carbocycles. The first-order valence-corrected chi connectivity index (χ1v) is 12.5. The molecule has 7 nitrogen and oxygen atoms in total. The molecule has 1 amide bonds. The van der Waals surface area contributed by atoms with E-state index in [9.17, 15) is 14.3 Å². The number of carbonyl (C=O) groups excluding carboxylic acids is 1. The second-order valence-electron chi connectivity index (χ2n) is 9.16. The molecule has 196 valence electrons. The number of aromatic hydroxyl groups is 1. The Labute approximate surface area is 217 Å². The average Bonchev–Trinajstić information content (AvgIpc) is 2.91. The number of amides is 1. The van der Waals surface area contributed by atoms with Crippen LogP contribution in [0.15, 0.2) is 54.6 Å². The SMILES string of the molecule is CCNC(=O)c1cc(-c2cccc(CN3CCN(Cc4cc(OC)c(O)c(OC)c4)CC3)c2)ccc1F. The highest BCUT2D eigenvalue weighted by atomic mass is 19.1. The number of hydrogen-bond donors (Lipinski definition) is 2. The van der Waals surface area contributed by atoms with Gasteiger partial charge in [0.2, 0.25) is 5.75 Å². The first-order valence-electron chi connectivity index (χ1n) is 12.5. The van der Waals surface area contributed by atoms with Crippen LogP contribution in [0.2, 0.25) is 0 Å². The van der Waals surface area contributed by atoms with Crippen molar-refractivity contribution in [1.29, 1.82) is 0 Å². The Morgan fingerprint density at radius 1 is 0.892 bits per heavy atom. The highest BCUT2D eigenvalue weighted by Crippen LogP contribution is 2.37. The van der Waals surface area contributed by atoms with Crippen LogP contribution < -0.4 is 14.8 Å². The fourth-order valence-corrected chi connectivity index (χ4v) is 4.64. The van der Waals surface area contributed by atoms with E-state index in [-0.39, 0.29) is 11.3 Å². The highest BCUT2D eigenvalue weighted by Gasteiger charge is 2.19. The van der Waals surface area contributed by atoms with E-state index in [4.69, 9.17) is 9.47 Å². The molecule has 4 rings (SSSR count). The molecule has 3 aromatic rings. The fraction of sp³-hybridized carbons (Fsp3) is 0.345. The minimum absolute atomic E-state index is 0.0156. The fourth-order valence-electron chi connectivity index (χ4n) is 4.64. The Kier molecular flexibility index (Phi) is 8.63. The number of phenols is 1. The van der Waals surface area contributed by atoms with E-state index in [1.165, 1.54) is 25.8 Å². The van der Waals surface area contributed by atoms with Crippen LogP contribution in [0.4, 0.5) is 4.39 Å². The van der Waals surface area contributed by atoms with Crippen LogP contribution in [0, 0.1) is 5.82 Å². The van der Waals surface area contributed by atoms with Crippen LogP contribution >= 0.6 is 0 Å². The molecule has 1 aliphatic rings. The molecule has 1 saturated heterocycles. The molecule has 1 heterocycles. The Morgan fingerprint density at radius 2 is 1.49 bits per heavy atom. The van der Waals surface area contributed by atoms with Gasteiger partial charge in [-0.05, 0) is 59.5 Å². The van der Waals surface area contributed by atoms with Gasteiger partial charge in [-0.15, -0.1) is 0 Å². The van der Waals surface area contributed by atoms with Gasteiger partial charge in [0.15, 0.2) is 11.5 Å². The number of carbonyl (C=O) groups is 1. The molecule has 3 aromatic carbocycles. The predicted octanol–water partition coefficient (Wildman–Crippen LogP) is 4.28. The van der Waals surface area contributed by atoms with Gasteiger partial charge in [0.25, 0.3) is 5.91 Å². The summed E-state index contributed by atoms with van der Waals surface area (Å²) in [5.74, 6) is -0.0888. The van der Waals surface area contributed by atoms with Gasteiger partial charge in [0.05, 0.1) is 19.8 Å². The van der Waals surface area contributed by atoms with Gasteiger partial charge < -0.3 is 19.9 Å². The zero-order valence-electron chi connectivity index (χ0n) is 21.6. The predicted molar refractivity (Wildman–Crippen MR) is 142 cm³/mol. The van der Waals surface area contributed by atoms with Gasteiger partial charge in [-0.3, -0.25) is 14.6 Å². The summed E-state index contributed by atoms with van der Waals surface area (Å²) in [4.78, 5) is 17.0. The molecule has 0 saturated carbocycles. The van der Waals surface area contributed by atoms with Crippen molar-refractivity contribution in [2.24, 2.45) is 0 Å². The van der Waals surface area contributed by atoms with Crippen LogP contribution in [0.25, 0.3) is 11.1 Å². The third-order valence-electron chi connectivity index (χ3n) is 6.63. The van der Waals surface area contributed by atoms with Crippen molar-refractivity contribution >= 4 is 5.91 Å². The third kappa shape index (κ3) is 6.39. The topological polar surface area (TPSA) is 74.3 Å². The molecular weight excluding hydrogens is 473 g/mol. The molecule has 2 N–H and O–H groups in total. The molecular formula is C29H34FN3O4. The number of piperazine rings is 1. The summed E-state index contributed by atoms with van der Waals surface area (Å²) in [5, 5.41) is 12.8. The number of nitrogens with one attached hydrogen (secondary N) is 1. The highest BCUT2D eigenvalue weighted by molar-refractivity contribution is 5.95. The number of methoxy groups -OCH3 is 2. The van der Waals surface area contributed by atoms with Crippen molar-refractivity contribution in [1.82, 2.24) is 15.1 Å². The maximum Gasteiger partial charge on any atom is 0.254 e. The van der Waals surface area contributed by atoms with Gasteiger partial charge in [-0.1, -0.05) is 24.3 Å². The molecule has 37 heavy (non-hydrogen) atoms. The van der Waals surface area contributed by atoms with Crippen molar-refractivity contribution in [2.45, 2.75) is 20.0 Å². The van der Waals surface area contributed by atoms with Crippen LogP contribution in [0.5, 0.6) is 17.2 Å². The minimum Gasteiger partial charge on any atom is -0.502 e. The van der Waals surface area contributed by atoms with Gasteiger partial charge in [0.1, 0.15) is 5.82 Å². The molecule has 0 spiro atoms. The number of ether oxygens (including phenoxy) is 2. The summed E-state index contributed by atoms with van der Waals surface area (Å²) in [7, 11) is 3.06. The Balaban J connectivity index is 1.38. The zero-order chi connectivity index (χ0) is 26.4. The Bertz CT molecular complexity index is 1220. The van der Waals surface area contributed by atoms with Crippen molar-refractivity contribution < 1.29 is 23.8 Å². The first-order chi connectivity index (χ1) is 17.9. The third-order valence-corrected chi connectivity index (χ3v) is 6.63. The normalized spacial score (nSPS) is 14.4. The number of halogens is 1. The van der Waals surface area contributed by atoms with Gasteiger partial charge in [-0.25, -0.2) is 4.39 Å². The standard InChI is InChI=1S/C29H34FN3O4/c1-4-31-29(35)24-17-23(8-9-25(24)30)22-7-5-6-20(14-22)18-32-10-12-33(13-11-32)19-21-15-26(36-2)28(34)27(16-21)37-3/h5-9,14-17,34H,4,10-13,18-19H2,1-3H3,(H,31,35). The van der Waals surface area contributed by atoms with Crippen molar-refractivity contribution in [3.05, 3.63) is 77.1 Å². The van der Waals surface area contributed by atoms with E-state index in [0.29, 0.717) is 18.0 Å². The van der Waals surface area contributed by atoms with E-state index in [1.807, 2.05) is 31.2 Å². The summed E-state index contributed by atoms with van der Waals surface area (Å²) in [6, 6.07) is 16.6. The lowest BCUT2D eigenvalue weighted by Gasteiger charge is -2.35. The molecule has 0 aromatic heterocycles. The van der Waals surface area contributed by atoms with Gasteiger partial charge >= 0.3 is 0 Å². The number of rotatable bonds is 9. The maximum absolute atomic E-state index is 14.2. The smallest absolute Gasteiger partial charge is 0.254 e. The number of hydrogen-bond acceptors (Lipinski definition) is 6. The molecule has 0 unspecified atom stereocenters. The minimum atomic E-state index is -0.520. The van der Waals surface area contributed by atoms with Gasteiger partial charge in [-0.2, -0.15) is 0 Å². The summed E-state index contributed by atoms with van der Waals surface area (Å²) >= 11 is 0. The lowest BCUT2D eigenvalue weighted by molar-refractivity contribution is 0.0952. The molecule has 0 radical (unpaired) electrons. The molecule has 1 fully saturated rings. The largest absolute Gasteiger partial charge is 0.502 e. The van der Waals surface area contributed by atoms with Gasteiger partial charge in [0, 0.05) is 45.8 Å². The van der Waals surface area contributed by atoms with Crippen molar-refractivity contribution in [3.8, 4) is 28.4 Å². The molecule has 0 atom stereocenters. The molecule has 8 heteroatoms. The number of nitrogens with zero attached hydrogens (tertiary/aromatic N) is 2. The summed E-state index contributed by atoms with van der Waals surface area (Å²) in [5.41, 5.74) is 4.03. The lowest BCUT2D eigenvalue weighted by atomic mass is 10.00. The van der Waals surface area contributed by atoms with Crippen molar-refractivity contribution in [2.75, 3.05) is 46.9 Å². The van der Waals surface area contributed by atoms with Crippen LogP contribution in [0.1, 0.15) is 28.4 Å². The van der Waals surface area contributed by atoms with Crippen LogP contribution in [-0.4, -0.2) is 67.8 Å². The molecule has 0 bridgehead atoms. The summed E-state index contributed by atoms with van der Waals surface area (Å²) in [6.45, 7) is 7.50. The summed E-state index contributed by atoms with van der Waals surface area (Å²) in [6.07, 6.45) is 0. The van der Waals surface area contributed by atoms with Crippen molar-refractivity contribution in [3.63, 3.8) is 0 Å². The molecule has 1 aliphatic heterocycles. The number of benzene rings is 3. The van der Waals surface area contributed by atoms with E-state index in [2.05, 4.69) is 27.2 Å².